The molecule has 0 saturated carbocycles. The van der Waals surface area contributed by atoms with Gasteiger partial charge in [-0.3, -0.25) is 0 Å². The third kappa shape index (κ3) is 3.51. The Morgan fingerprint density at radius 1 is 0.889 bits per heavy atom. The summed E-state index contributed by atoms with van der Waals surface area (Å²) < 4.78 is 4.61. The van der Waals surface area contributed by atoms with Crippen LogP contribution in [0.15, 0.2) is 67.0 Å². The van der Waals surface area contributed by atoms with Gasteiger partial charge in [-0.1, -0.05) is 36.4 Å². The van der Waals surface area contributed by atoms with Crippen molar-refractivity contribution in [2.45, 2.75) is 26.4 Å². The van der Waals surface area contributed by atoms with E-state index in [0.717, 1.165) is 26.1 Å². The lowest BCUT2D eigenvalue weighted by atomic mass is 10.1. The first-order chi connectivity index (χ1) is 13.3. The summed E-state index contributed by atoms with van der Waals surface area (Å²) in [5.74, 6) is 0. The van der Waals surface area contributed by atoms with Gasteiger partial charge in [0.2, 0.25) is 0 Å². The van der Waals surface area contributed by atoms with E-state index in [1.807, 2.05) is 0 Å². The largest absolute Gasteiger partial charge is 0.357 e. The lowest BCUT2D eigenvalue weighted by Crippen LogP contribution is -2.51. The van der Waals surface area contributed by atoms with Crippen LogP contribution in [0.3, 0.4) is 0 Å². The van der Waals surface area contributed by atoms with Crippen molar-refractivity contribution < 1.29 is 10.3 Å². The Morgan fingerprint density at radius 2 is 1.63 bits per heavy atom. The van der Waals surface area contributed by atoms with Gasteiger partial charge in [0.25, 0.3) is 0 Å². The minimum atomic E-state index is 0.978. The second kappa shape index (κ2) is 7.77. The Morgan fingerprint density at radius 3 is 2.41 bits per heavy atom. The quantitative estimate of drug-likeness (QED) is 0.508. The number of benzene rings is 2. The predicted molar refractivity (Wildman–Crippen MR) is 113 cm³/mol. The number of aromatic nitrogens is 2. The van der Waals surface area contributed by atoms with E-state index in [0.29, 0.717) is 0 Å². The van der Waals surface area contributed by atoms with E-state index < -0.39 is 0 Å². The summed E-state index contributed by atoms with van der Waals surface area (Å²) in [4.78, 5) is 0. The van der Waals surface area contributed by atoms with Crippen LogP contribution in [-0.2, 0) is 13.1 Å². The summed E-state index contributed by atoms with van der Waals surface area (Å²) >= 11 is 0. The summed E-state index contributed by atoms with van der Waals surface area (Å²) in [5.41, 5.74) is 8.97. The highest BCUT2D eigenvalue weighted by molar-refractivity contribution is 6.08. The summed E-state index contributed by atoms with van der Waals surface area (Å²) in [5, 5.41) is 2.66. The Labute approximate surface area is 160 Å². The molecule has 0 saturated heterocycles. The fraction of sp³-hybridized carbons (Fsp3) is 0.208. The molecule has 0 fully saturated rings. The van der Waals surface area contributed by atoms with Crippen molar-refractivity contribution in [3.8, 4) is 0 Å². The lowest BCUT2D eigenvalue weighted by molar-refractivity contribution is -0.699. The van der Waals surface area contributed by atoms with Gasteiger partial charge in [-0.15, -0.1) is 0 Å². The Bertz CT molecular complexity index is 1090. The molecule has 0 aliphatic heterocycles. The molecule has 0 aliphatic carbocycles. The zero-order valence-electron chi connectivity index (χ0n) is 15.9. The van der Waals surface area contributed by atoms with E-state index >= 15 is 0 Å². The van der Waals surface area contributed by atoms with Crippen LogP contribution in [0.25, 0.3) is 34.0 Å². The number of rotatable bonds is 6. The van der Waals surface area contributed by atoms with Crippen molar-refractivity contribution in [3.05, 3.63) is 78.1 Å². The van der Waals surface area contributed by atoms with Crippen molar-refractivity contribution in [2.24, 2.45) is 0 Å². The number of nitrogens with zero attached hydrogens (tertiary/aromatic N) is 2. The van der Waals surface area contributed by atoms with E-state index in [-0.39, 0.29) is 0 Å². The Balaban J connectivity index is 1.64. The van der Waals surface area contributed by atoms with Gasteiger partial charge in [0.15, 0.2) is 18.9 Å². The fourth-order valence-electron chi connectivity index (χ4n) is 3.73. The van der Waals surface area contributed by atoms with E-state index in [1.54, 1.807) is 0 Å². The van der Waals surface area contributed by atoms with Crippen LogP contribution in [0.4, 0.5) is 0 Å². The second-order valence-electron chi connectivity index (χ2n) is 6.95. The van der Waals surface area contributed by atoms with Gasteiger partial charge < -0.3 is 10.3 Å². The molecule has 0 unspecified atom stereocenters. The van der Waals surface area contributed by atoms with Gasteiger partial charge in [0, 0.05) is 40.5 Å². The van der Waals surface area contributed by atoms with Crippen LogP contribution in [0, 0.1) is 0 Å². The van der Waals surface area contributed by atoms with Crippen LogP contribution < -0.4 is 10.3 Å². The number of hydrogen-bond acceptors (Lipinski definition) is 0. The highest BCUT2D eigenvalue weighted by atomic mass is 15.0. The maximum absolute atomic E-state index is 3.90. The molecule has 136 valence electrons. The van der Waals surface area contributed by atoms with E-state index in [4.69, 9.17) is 0 Å². The zero-order valence-corrected chi connectivity index (χ0v) is 15.9. The molecule has 0 radical (unpaired) electrons. The van der Waals surface area contributed by atoms with Crippen LogP contribution in [0.2, 0.25) is 0 Å². The molecule has 27 heavy (non-hydrogen) atoms. The number of aryl methyl sites for hydroxylation is 2. The van der Waals surface area contributed by atoms with Gasteiger partial charge in [0.1, 0.15) is 0 Å². The molecule has 0 aliphatic rings. The zero-order chi connectivity index (χ0) is 18.6. The maximum atomic E-state index is 3.90. The summed E-state index contributed by atoms with van der Waals surface area (Å²) in [6.45, 7) is 5.20. The van der Waals surface area contributed by atoms with Crippen molar-refractivity contribution in [1.29, 1.82) is 0 Å². The van der Waals surface area contributed by atoms with Gasteiger partial charge in [-0.2, -0.15) is 0 Å². The molecule has 0 spiro atoms. The molecule has 0 amide bonds. The van der Waals surface area contributed by atoms with E-state index in [2.05, 4.69) is 101 Å². The molecule has 4 rings (SSSR count). The molecular formula is C24H27N3+2. The Hall–Kier alpha value is -2.91. The number of fused-ring (bicyclic) bond motifs is 3. The second-order valence-corrected chi connectivity index (χ2v) is 6.95. The van der Waals surface area contributed by atoms with Crippen LogP contribution in [0.5, 0.6) is 0 Å². The molecule has 3 heteroatoms. The molecular weight excluding hydrogens is 330 g/mol. The first-order valence-electron chi connectivity index (χ1n) is 9.77. The first-order valence-corrected chi connectivity index (χ1v) is 9.77. The number of para-hydroxylation sites is 1. The SMILES string of the molecule is CCn1c2ccccc2c2cc(/C=C/c3cc[n+](CCC[NH3+])cc3)ccc21. The van der Waals surface area contributed by atoms with Crippen molar-refractivity contribution >= 4 is 34.0 Å². The summed E-state index contributed by atoms with van der Waals surface area (Å²) in [7, 11) is 0. The Kier molecular flexibility index (Phi) is 5.03. The smallest absolute Gasteiger partial charge is 0.169 e. The van der Waals surface area contributed by atoms with Crippen molar-refractivity contribution in [3.63, 3.8) is 0 Å². The van der Waals surface area contributed by atoms with Gasteiger partial charge in [-0.05, 0) is 36.2 Å². The molecule has 4 aromatic rings. The van der Waals surface area contributed by atoms with Crippen LogP contribution in [-0.4, -0.2) is 11.1 Å². The topological polar surface area (TPSA) is 36.5 Å². The minimum Gasteiger partial charge on any atom is -0.357 e. The standard InChI is InChI=1S/C24H26N3/c1-2-27-23-7-4-3-6-21(23)22-18-20(10-11-24(22)27)9-8-19-12-16-26(17-13-19)15-5-14-25/h3-4,6-13,16-18H,2,5,14-15,25H2,1H3/q+1/p+1. The normalized spacial score (nSPS) is 11.8. The van der Waals surface area contributed by atoms with Crippen molar-refractivity contribution in [1.82, 2.24) is 4.57 Å². The molecule has 2 aromatic carbocycles. The first kappa shape index (κ1) is 17.5. The van der Waals surface area contributed by atoms with E-state index in [1.165, 1.54) is 32.9 Å². The van der Waals surface area contributed by atoms with Gasteiger partial charge >= 0.3 is 0 Å². The third-order valence-electron chi connectivity index (χ3n) is 5.16. The molecule has 3 nitrogen and oxygen atoms in total. The predicted octanol–water partition coefficient (Wildman–Crippen LogP) is 3.90. The van der Waals surface area contributed by atoms with E-state index in [9.17, 15) is 0 Å². The fourth-order valence-corrected chi connectivity index (χ4v) is 3.73. The number of hydrogen-bond donors (Lipinski definition) is 1. The number of pyridine rings is 1. The maximum Gasteiger partial charge on any atom is 0.169 e. The molecule has 3 N–H and O–H groups in total. The van der Waals surface area contributed by atoms with Crippen LogP contribution in [0.1, 0.15) is 24.5 Å². The highest BCUT2D eigenvalue weighted by Gasteiger charge is 2.08. The monoisotopic (exact) mass is 357 g/mol. The van der Waals surface area contributed by atoms with Gasteiger partial charge in [0.05, 0.1) is 13.0 Å². The number of quaternary nitrogens is 1. The molecule has 0 bridgehead atoms. The lowest BCUT2D eigenvalue weighted by Gasteiger charge is -2.02. The summed E-state index contributed by atoms with van der Waals surface area (Å²) in [6, 6.07) is 19.8. The summed E-state index contributed by atoms with van der Waals surface area (Å²) in [6.07, 6.45) is 9.80. The third-order valence-corrected chi connectivity index (χ3v) is 5.16. The minimum absolute atomic E-state index is 0.978. The molecule has 2 heterocycles. The molecule has 2 aromatic heterocycles. The van der Waals surface area contributed by atoms with Crippen molar-refractivity contribution in [2.75, 3.05) is 6.54 Å². The van der Waals surface area contributed by atoms with Crippen LogP contribution >= 0.6 is 0 Å². The highest BCUT2D eigenvalue weighted by Crippen LogP contribution is 2.30. The average molecular weight is 358 g/mol. The average Bonchev–Trinajstić information content (AvgIpc) is 3.04. The molecule has 0 atom stereocenters. The van der Waals surface area contributed by atoms with Gasteiger partial charge in [-0.25, -0.2) is 4.57 Å².